The fraction of sp³-hybridized carbons (Fsp3) is 0.857. The summed E-state index contributed by atoms with van der Waals surface area (Å²) < 4.78 is 11.1. The molecule has 0 saturated carbocycles. The zero-order valence-corrected chi connectivity index (χ0v) is 12.0. The Labute approximate surface area is 106 Å². The first-order valence-electron chi connectivity index (χ1n) is 6.31. The molecule has 0 spiro atoms. The molecule has 1 atom stereocenters. The highest BCUT2D eigenvalue weighted by molar-refractivity contribution is 4.87. The second-order valence-electron chi connectivity index (χ2n) is 5.56. The molecule has 0 amide bonds. The number of aliphatic hydroxyl groups is 1. The zero-order chi connectivity index (χ0) is 13.5. The molecule has 3 heteroatoms. The standard InChI is InChI=1S/C14H28O3/c1-11(2)7-8-17-14(5,6)9-13(15)10-16-12(3)4/h12-13,15H,1,7-10H2,2-6H3. The molecule has 0 radical (unpaired) electrons. The van der Waals surface area contributed by atoms with Crippen molar-refractivity contribution < 1.29 is 14.6 Å². The van der Waals surface area contributed by atoms with Crippen molar-refractivity contribution in [3.63, 3.8) is 0 Å². The maximum atomic E-state index is 9.82. The molecule has 1 N–H and O–H groups in total. The van der Waals surface area contributed by atoms with Gasteiger partial charge in [0.15, 0.2) is 0 Å². The normalized spacial score (nSPS) is 14.1. The molecule has 0 aliphatic heterocycles. The molecular formula is C14H28O3. The Morgan fingerprint density at radius 3 is 2.41 bits per heavy atom. The highest BCUT2D eigenvalue weighted by Gasteiger charge is 2.23. The zero-order valence-electron chi connectivity index (χ0n) is 12.0. The smallest absolute Gasteiger partial charge is 0.0801 e. The Balaban J connectivity index is 3.85. The quantitative estimate of drug-likeness (QED) is 0.634. The van der Waals surface area contributed by atoms with E-state index in [1.807, 2.05) is 34.6 Å². The Morgan fingerprint density at radius 1 is 1.35 bits per heavy atom. The summed E-state index contributed by atoms with van der Waals surface area (Å²) in [5, 5.41) is 9.82. The maximum Gasteiger partial charge on any atom is 0.0801 e. The molecule has 17 heavy (non-hydrogen) atoms. The van der Waals surface area contributed by atoms with Crippen molar-refractivity contribution in [1.82, 2.24) is 0 Å². The molecule has 3 nitrogen and oxygen atoms in total. The Bertz CT molecular complexity index is 222. The first kappa shape index (κ1) is 16.6. The largest absolute Gasteiger partial charge is 0.391 e. The van der Waals surface area contributed by atoms with E-state index in [1.54, 1.807) is 0 Å². The third-order valence-electron chi connectivity index (χ3n) is 2.37. The second kappa shape index (κ2) is 7.85. The molecule has 102 valence electrons. The number of ether oxygens (including phenoxy) is 2. The van der Waals surface area contributed by atoms with E-state index in [2.05, 4.69) is 6.58 Å². The minimum absolute atomic E-state index is 0.150. The van der Waals surface area contributed by atoms with Crippen LogP contribution in [0.4, 0.5) is 0 Å². The Hall–Kier alpha value is -0.380. The van der Waals surface area contributed by atoms with Gasteiger partial charge in [-0.1, -0.05) is 5.57 Å². The van der Waals surface area contributed by atoms with Crippen LogP contribution in [0.1, 0.15) is 47.5 Å². The van der Waals surface area contributed by atoms with Gasteiger partial charge in [-0.2, -0.15) is 0 Å². The van der Waals surface area contributed by atoms with Gasteiger partial charge in [-0.15, -0.1) is 6.58 Å². The molecule has 0 fully saturated rings. The molecule has 0 aromatic rings. The lowest BCUT2D eigenvalue weighted by molar-refractivity contribution is -0.0706. The molecule has 0 saturated heterocycles. The van der Waals surface area contributed by atoms with E-state index in [-0.39, 0.29) is 11.7 Å². The summed E-state index contributed by atoms with van der Waals surface area (Å²) in [6, 6.07) is 0. The fourth-order valence-electron chi connectivity index (χ4n) is 1.49. The van der Waals surface area contributed by atoms with Crippen LogP contribution in [-0.2, 0) is 9.47 Å². The number of hydrogen-bond donors (Lipinski definition) is 1. The molecule has 0 heterocycles. The fourth-order valence-corrected chi connectivity index (χ4v) is 1.49. The van der Waals surface area contributed by atoms with Crippen molar-refractivity contribution in [3.05, 3.63) is 12.2 Å². The van der Waals surface area contributed by atoms with Gasteiger partial charge in [0.2, 0.25) is 0 Å². The van der Waals surface area contributed by atoms with Gasteiger partial charge in [-0.3, -0.25) is 0 Å². The lowest BCUT2D eigenvalue weighted by Crippen LogP contribution is -2.33. The number of hydrogen-bond acceptors (Lipinski definition) is 3. The van der Waals surface area contributed by atoms with E-state index in [1.165, 1.54) is 0 Å². The minimum Gasteiger partial charge on any atom is -0.391 e. The van der Waals surface area contributed by atoms with E-state index < -0.39 is 6.10 Å². The SMILES string of the molecule is C=C(C)CCOC(C)(C)CC(O)COC(C)C. The first-order valence-corrected chi connectivity index (χ1v) is 6.31. The van der Waals surface area contributed by atoms with Crippen LogP contribution in [0.5, 0.6) is 0 Å². The van der Waals surface area contributed by atoms with Crippen molar-refractivity contribution in [2.24, 2.45) is 0 Å². The third-order valence-corrected chi connectivity index (χ3v) is 2.37. The van der Waals surface area contributed by atoms with Crippen LogP contribution >= 0.6 is 0 Å². The summed E-state index contributed by atoms with van der Waals surface area (Å²) in [7, 11) is 0. The summed E-state index contributed by atoms with van der Waals surface area (Å²) in [6.45, 7) is 14.7. The Kier molecular flexibility index (Phi) is 7.68. The number of rotatable bonds is 9. The van der Waals surface area contributed by atoms with Crippen LogP contribution in [0.2, 0.25) is 0 Å². The van der Waals surface area contributed by atoms with E-state index in [0.717, 1.165) is 12.0 Å². The van der Waals surface area contributed by atoms with Crippen LogP contribution in [0.3, 0.4) is 0 Å². The van der Waals surface area contributed by atoms with Gasteiger partial charge >= 0.3 is 0 Å². The monoisotopic (exact) mass is 244 g/mol. The van der Waals surface area contributed by atoms with Crippen molar-refractivity contribution in [1.29, 1.82) is 0 Å². The van der Waals surface area contributed by atoms with E-state index in [4.69, 9.17) is 9.47 Å². The highest BCUT2D eigenvalue weighted by atomic mass is 16.5. The van der Waals surface area contributed by atoms with E-state index in [0.29, 0.717) is 19.6 Å². The predicted molar refractivity (Wildman–Crippen MR) is 71.2 cm³/mol. The molecule has 0 aliphatic rings. The topological polar surface area (TPSA) is 38.7 Å². The van der Waals surface area contributed by atoms with Gasteiger partial charge in [-0.25, -0.2) is 0 Å². The molecule has 1 unspecified atom stereocenters. The first-order chi connectivity index (χ1) is 7.73. The summed E-state index contributed by atoms with van der Waals surface area (Å²) in [5.74, 6) is 0. The van der Waals surface area contributed by atoms with Gasteiger partial charge in [-0.05, 0) is 41.0 Å². The van der Waals surface area contributed by atoms with Gasteiger partial charge in [0, 0.05) is 6.42 Å². The summed E-state index contributed by atoms with van der Waals surface area (Å²) in [6.07, 6.45) is 1.12. The molecular weight excluding hydrogens is 216 g/mol. The molecule has 0 rings (SSSR count). The van der Waals surface area contributed by atoms with E-state index >= 15 is 0 Å². The second-order valence-corrected chi connectivity index (χ2v) is 5.56. The van der Waals surface area contributed by atoms with E-state index in [9.17, 15) is 5.11 Å². The van der Waals surface area contributed by atoms with Gasteiger partial charge in [0.1, 0.15) is 0 Å². The summed E-state index contributed by atoms with van der Waals surface area (Å²) in [4.78, 5) is 0. The average Bonchev–Trinajstić information content (AvgIpc) is 2.12. The molecule has 0 aromatic carbocycles. The minimum atomic E-state index is -0.475. The van der Waals surface area contributed by atoms with Crippen molar-refractivity contribution in [2.75, 3.05) is 13.2 Å². The molecule has 0 bridgehead atoms. The third kappa shape index (κ3) is 10.5. The van der Waals surface area contributed by atoms with Crippen LogP contribution in [0.25, 0.3) is 0 Å². The average molecular weight is 244 g/mol. The lowest BCUT2D eigenvalue weighted by Gasteiger charge is -2.28. The number of aliphatic hydroxyl groups excluding tert-OH is 1. The van der Waals surface area contributed by atoms with Crippen molar-refractivity contribution >= 4 is 0 Å². The van der Waals surface area contributed by atoms with Crippen LogP contribution in [0, 0.1) is 0 Å². The van der Waals surface area contributed by atoms with Gasteiger partial charge < -0.3 is 14.6 Å². The molecule has 0 aliphatic carbocycles. The Morgan fingerprint density at radius 2 is 1.94 bits per heavy atom. The van der Waals surface area contributed by atoms with Crippen LogP contribution in [0.15, 0.2) is 12.2 Å². The molecule has 0 aromatic heterocycles. The predicted octanol–water partition coefficient (Wildman–Crippen LogP) is 2.92. The van der Waals surface area contributed by atoms with Crippen molar-refractivity contribution in [3.8, 4) is 0 Å². The van der Waals surface area contributed by atoms with Crippen LogP contribution < -0.4 is 0 Å². The maximum absolute atomic E-state index is 9.82. The van der Waals surface area contributed by atoms with Gasteiger partial charge in [0.25, 0.3) is 0 Å². The summed E-state index contributed by atoms with van der Waals surface area (Å²) in [5.41, 5.74) is 0.791. The lowest BCUT2D eigenvalue weighted by atomic mass is 10.0. The van der Waals surface area contributed by atoms with Crippen molar-refractivity contribution in [2.45, 2.75) is 65.3 Å². The van der Waals surface area contributed by atoms with Crippen LogP contribution in [-0.4, -0.2) is 36.1 Å². The highest BCUT2D eigenvalue weighted by Crippen LogP contribution is 2.18. The van der Waals surface area contributed by atoms with Gasteiger partial charge in [0.05, 0.1) is 31.0 Å². The summed E-state index contributed by atoms with van der Waals surface area (Å²) >= 11 is 0.